The van der Waals surface area contributed by atoms with Crippen molar-refractivity contribution in [3.8, 4) is 11.4 Å². The van der Waals surface area contributed by atoms with Crippen LogP contribution in [-0.4, -0.2) is 45.3 Å². The van der Waals surface area contributed by atoms with Crippen molar-refractivity contribution >= 4 is 17.4 Å². The Kier molecular flexibility index (Phi) is 7.73. The molecule has 1 aromatic carbocycles. The van der Waals surface area contributed by atoms with E-state index in [1.165, 1.54) is 16.6 Å². The van der Waals surface area contributed by atoms with Crippen LogP contribution < -0.4 is 21.9 Å². The van der Waals surface area contributed by atoms with E-state index in [-0.39, 0.29) is 30.6 Å². The van der Waals surface area contributed by atoms with Crippen LogP contribution in [0.1, 0.15) is 49.3 Å². The molecule has 0 radical (unpaired) electrons. The number of nitrogen functional groups attached to an aromatic ring is 1. The molecule has 0 saturated carbocycles. The molecule has 1 aliphatic rings. The number of carbonyl (C=O) groups is 1. The molecule has 10 heteroatoms. The largest absolute Gasteiger partial charge is 0.383 e. The number of rotatable bonds is 8. The molecule has 3 heterocycles. The van der Waals surface area contributed by atoms with Gasteiger partial charge in [0.1, 0.15) is 11.6 Å². The zero-order chi connectivity index (χ0) is 25.8. The maximum Gasteiger partial charge on any atom is 0.330 e. The van der Waals surface area contributed by atoms with Crippen LogP contribution >= 0.6 is 0 Å². The van der Waals surface area contributed by atoms with E-state index in [0.717, 1.165) is 42.9 Å². The van der Waals surface area contributed by atoms with Gasteiger partial charge >= 0.3 is 5.69 Å². The first-order valence-corrected chi connectivity index (χ1v) is 12.4. The zero-order valence-electron chi connectivity index (χ0n) is 21.1. The van der Waals surface area contributed by atoms with Gasteiger partial charge in [-0.25, -0.2) is 9.78 Å². The monoisotopic (exact) mass is 494 g/mol. The molecule has 36 heavy (non-hydrogen) atoms. The number of hydrogen-bond acceptors (Lipinski definition) is 6. The molecule has 2 aromatic heterocycles. The summed E-state index contributed by atoms with van der Waals surface area (Å²) in [5.74, 6) is 0.348. The Morgan fingerprint density at radius 1 is 1.19 bits per heavy atom. The second-order valence-corrected chi connectivity index (χ2v) is 9.51. The standard InChI is InChI=1S/C26H34N6O4/c1-17(2)16-32-22(27)21(24(33)29-26(32)35)31(14-15-36-3)25(34)20-19-12-8-5-9-13-30(19)23(28-20)18-10-6-4-7-11-18/h4,6-7,10-11,17H,5,8-9,12-16,27H2,1-3H3,(H,29,33,35). The van der Waals surface area contributed by atoms with Crippen LogP contribution in [0.5, 0.6) is 0 Å². The number of nitrogens with two attached hydrogens (primary N) is 1. The molecule has 0 saturated heterocycles. The molecule has 0 bridgehead atoms. The molecular formula is C26H34N6O4. The van der Waals surface area contributed by atoms with E-state index in [1.807, 2.05) is 44.2 Å². The molecule has 0 fully saturated rings. The maximum absolute atomic E-state index is 14.1. The zero-order valence-corrected chi connectivity index (χ0v) is 21.1. The van der Waals surface area contributed by atoms with E-state index < -0.39 is 17.2 Å². The summed E-state index contributed by atoms with van der Waals surface area (Å²) < 4.78 is 8.67. The Balaban J connectivity index is 1.87. The summed E-state index contributed by atoms with van der Waals surface area (Å²) in [6.45, 7) is 5.20. The lowest BCUT2D eigenvalue weighted by Crippen LogP contribution is -2.43. The van der Waals surface area contributed by atoms with Gasteiger partial charge in [-0.3, -0.25) is 24.0 Å². The molecule has 0 unspecified atom stereocenters. The average Bonchev–Trinajstić information content (AvgIpc) is 3.04. The molecular weight excluding hydrogens is 460 g/mol. The highest BCUT2D eigenvalue weighted by Gasteiger charge is 2.31. The highest BCUT2D eigenvalue weighted by atomic mass is 16.5. The van der Waals surface area contributed by atoms with Crippen LogP contribution in [0.4, 0.5) is 11.5 Å². The molecule has 0 atom stereocenters. The number of fused-ring (bicyclic) bond motifs is 1. The molecule has 10 nitrogen and oxygen atoms in total. The lowest BCUT2D eigenvalue weighted by Gasteiger charge is -2.24. The topological polar surface area (TPSA) is 128 Å². The Hall–Kier alpha value is -3.66. The second-order valence-electron chi connectivity index (χ2n) is 9.51. The highest BCUT2D eigenvalue weighted by molar-refractivity contribution is 6.07. The fourth-order valence-corrected chi connectivity index (χ4v) is 4.71. The highest BCUT2D eigenvalue weighted by Crippen LogP contribution is 2.29. The summed E-state index contributed by atoms with van der Waals surface area (Å²) in [6, 6.07) is 9.77. The van der Waals surface area contributed by atoms with Crippen LogP contribution in [0.25, 0.3) is 11.4 Å². The van der Waals surface area contributed by atoms with Crippen LogP contribution in [-0.2, 0) is 24.2 Å². The molecule has 4 rings (SSSR count). The Morgan fingerprint density at radius 2 is 1.94 bits per heavy atom. The lowest BCUT2D eigenvalue weighted by molar-refractivity contribution is 0.0970. The van der Waals surface area contributed by atoms with Crippen molar-refractivity contribution in [3.05, 3.63) is 62.6 Å². The minimum atomic E-state index is -0.712. The van der Waals surface area contributed by atoms with E-state index in [9.17, 15) is 14.4 Å². The third-order valence-corrected chi connectivity index (χ3v) is 6.40. The van der Waals surface area contributed by atoms with Crippen LogP contribution in [0.2, 0.25) is 0 Å². The predicted molar refractivity (Wildman–Crippen MR) is 139 cm³/mol. The Labute approximate surface area is 209 Å². The van der Waals surface area contributed by atoms with Crippen molar-refractivity contribution in [2.24, 2.45) is 5.92 Å². The number of carbonyl (C=O) groups excluding carboxylic acids is 1. The fourth-order valence-electron chi connectivity index (χ4n) is 4.71. The number of imidazole rings is 1. The van der Waals surface area contributed by atoms with Gasteiger partial charge in [-0.2, -0.15) is 0 Å². The van der Waals surface area contributed by atoms with Crippen LogP contribution in [0.3, 0.4) is 0 Å². The van der Waals surface area contributed by atoms with Gasteiger partial charge in [-0.15, -0.1) is 0 Å². The number of H-pyrrole nitrogens is 1. The number of benzene rings is 1. The number of nitrogens with zero attached hydrogens (tertiary/aromatic N) is 4. The normalized spacial score (nSPS) is 13.4. The predicted octanol–water partition coefficient (Wildman–Crippen LogP) is 2.66. The van der Waals surface area contributed by atoms with Crippen molar-refractivity contribution in [2.75, 3.05) is 30.9 Å². The van der Waals surface area contributed by atoms with Crippen LogP contribution in [0.15, 0.2) is 39.9 Å². The number of hydrogen-bond donors (Lipinski definition) is 2. The van der Waals surface area contributed by atoms with Gasteiger partial charge < -0.3 is 15.0 Å². The molecule has 192 valence electrons. The molecule has 0 spiro atoms. The SMILES string of the molecule is COCCN(C(=O)c1nc(-c2ccccc2)n2c1CCCCC2)c1c(N)n(CC(C)C)c(=O)[nH]c1=O. The minimum absolute atomic E-state index is 0.0458. The number of amides is 1. The quantitative estimate of drug-likeness (QED) is 0.495. The lowest BCUT2D eigenvalue weighted by atomic mass is 10.1. The summed E-state index contributed by atoms with van der Waals surface area (Å²) in [6.07, 6.45) is 3.71. The molecule has 1 aliphatic heterocycles. The number of aromatic nitrogens is 4. The van der Waals surface area contributed by atoms with E-state index in [4.69, 9.17) is 15.5 Å². The van der Waals surface area contributed by atoms with Gasteiger partial charge in [0.2, 0.25) is 0 Å². The first kappa shape index (κ1) is 25.4. The van der Waals surface area contributed by atoms with E-state index >= 15 is 0 Å². The second kappa shape index (κ2) is 10.9. The van der Waals surface area contributed by atoms with Crippen molar-refractivity contribution in [3.63, 3.8) is 0 Å². The Morgan fingerprint density at radius 3 is 2.64 bits per heavy atom. The summed E-state index contributed by atoms with van der Waals surface area (Å²) >= 11 is 0. The number of aromatic amines is 1. The van der Waals surface area contributed by atoms with E-state index in [0.29, 0.717) is 18.7 Å². The number of nitrogens with one attached hydrogen (secondary N) is 1. The third kappa shape index (κ3) is 4.99. The first-order chi connectivity index (χ1) is 17.3. The van der Waals surface area contributed by atoms with Crippen molar-refractivity contribution < 1.29 is 9.53 Å². The van der Waals surface area contributed by atoms with E-state index in [2.05, 4.69) is 9.55 Å². The van der Waals surface area contributed by atoms with Gasteiger partial charge in [0.15, 0.2) is 11.4 Å². The summed E-state index contributed by atoms with van der Waals surface area (Å²) in [4.78, 5) is 48.1. The number of ether oxygens (including phenoxy) is 1. The van der Waals surface area contributed by atoms with Crippen molar-refractivity contribution in [2.45, 2.75) is 52.6 Å². The summed E-state index contributed by atoms with van der Waals surface area (Å²) in [5.41, 5.74) is 7.06. The molecule has 1 amide bonds. The molecule has 3 N–H and O–H groups in total. The number of anilines is 2. The van der Waals surface area contributed by atoms with Crippen molar-refractivity contribution in [1.82, 2.24) is 19.1 Å². The average molecular weight is 495 g/mol. The maximum atomic E-state index is 14.1. The van der Waals surface area contributed by atoms with Gasteiger partial charge in [-0.1, -0.05) is 50.6 Å². The van der Waals surface area contributed by atoms with Crippen LogP contribution in [0, 0.1) is 5.92 Å². The third-order valence-electron chi connectivity index (χ3n) is 6.40. The van der Waals surface area contributed by atoms with Crippen molar-refractivity contribution in [1.29, 1.82) is 0 Å². The van der Waals surface area contributed by atoms with E-state index in [1.54, 1.807) is 0 Å². The molecule has 3 aromatic rings. The van der Waals surface area contributed by atoms with Gasteiger partial charge in [0, 0.05) is 32.3 Å². The summed E-state index contributed by atoms with van der Waals surface area (Å²) in [7, 11) is 1.52. The van der Waals surface area contributed by atoms with Gasteiger partial charge in [0.05, 0.1) is 12.3 Å². The minimum Gasteiger partial charge on any atom is -0.383 e. The van der Waals surface area contributed by atoms with Gasteiger partial charge in [0.25, 0.3) is 11.5 Å². The fraction of sp³-hybridized carbons (Fsp3) is 0.462. The summed E-state index contributed by atoms with van der Waals surface area (Å²) in [5, 5.41) is 0. The smallest absolute Gasteiger partial charge is 0.330 e. The Bertz CT molecular complexity index is 1340. The number of methoxy groups -OCH3 is 1. The molecule has 0 aliphatic carbocycles. The van der Waals surface area contributed by atoms with Gasteiger partial charge in [-0.05, 0) is 25.2 Å². The first-order valence-electron chi connectivity index (χ1n) is 12.4.